The second-order valence-electron chi connectivity index (χ2n) is 7.18. The maximum absolute atomic E-state index is 12.7. The van der Waals surface area contributed by atoms with Gasteiger partial charge in [0.05, 0.1) is 6.61 Å². The number of amides is 2. The number of nitrogens with two attached hydrogens (primary N) is 1. The van der Waals surface area contributed by atoms with Crippen molar-refractivity contribution in [3.8, 4) is 5.75 Å². The van der Waals surface area contributed by atoms with Crippen LogP contribution in [0, 0.1) is 6.92 Å². The number of rotatable bonds is 9. The molecule has 2 amide bonds. The van der Waals surface area contributed by atoms with Gasteiger partial charge in [0.15, 0.2) is 0 Å². The van der Waals surface area contributed by atoms with Crippen molar-refractivity contribution in [1.29, 1.82) is 0 Å². The van der Waals surface area contributed by atoms with Gasteiger partial charge in [0.25, 0.3) is 0 Å². The fourth-order valence-electron chi connectivity index (χ4n) is 3.04. The van der Waals surface area contributed by atoms with E-state index >= 15 is 0 Å². The summed E-state index contributed by atoms with van der Waals surface area (Å²) in [6.45, 7) is 2.97. The van der Waals surface area contributed by atoms with Crippen molar-refractivity contribution in [2.45, 2.75) is 45.2 Å². The van der Waals surface area contributed by atoms with E-state index in [1.165, 1.54) is 0 Å². The predicted octanol–water partition coefficient (Wildman–Crippen LogP) is 4.10. The zero-order chi connectivity index (χ0) is 20.1. The van der Waals surface area contributed by atoms with Gasteiger partial charge in [0.1, 0.15) is 5.75 Å². The van der Waals surface area contributed by atoms with Crippen molar-refractivity contribution in [2.24, 2.45) is 5.73 Å². The molecule has 0 spiro atoms. The van der Waals surface area contributed by atoms with Gasteiger partial charge >= 0.3 is 0 Å². The Morgan fingerprint density at radius 1 is 1.18 bits per heavy atom. The molecule has 0 aromatic heterocycles. The van der Waals surface area contributed by atoms with Gasteiger partial charge in [-0.1, -0.05) is 23.7 Å². The van der Waals surface area contributed by atoms with Crippen LogP contribution in [0.5, 0.6) is 5.75 Å². The number of carbonyl (C=O) groups excluding carboxylic acids is 2. The van der Waals surface area contributed by atoms with E-state index in [-0.39, 0.29) is 5.91 Å². The van der Waals surface area contributed by atoms with Crippen LogP contribution >= 0.6 is 11.6 Å². The largest absolute Gasteiger partial charge is 0.494 e. The predicted molar refractivity (Wildman–Crippen MR) is 109 cm³/mol. The molecule has 3 rings (SSSR count). The molecule has 1 aliphatic rings. The summed E-state index contributed by atoms with van der Waals surface area (Å²) in [6.07, 6.45) is 3.20. The van der Waals surface area contributed by atoms with Crippen LogP contribution < -0.4 is 10.5 Å². The highest BCUT2D eigenvalue weighted by molar-refractivity contribution is 6.31. The molecule has 5 nitrogen and oxygen atoms in total. The Morgan fingerprint density at radius 3 is 2.50 bits per heavy atom. The maximum atomic E-state index is 12.7. The summed E-state index contributed by atoms with van der Waals surface area (Å²) >= 11 is 6.02. The van der Waals surface area contributed by atoms with Gasteiger partial charge in [-0.25, -0.2) is 0 Å². The zero-order valence-corrected chi connectivity index (χ0v) is 16.7. The third kappa shape index (κ3) is 5.49. The summed E-state index contributed by atoms with van der Waals surface area (Å²) in [5, 5.41) is 0.714. The number of carbonyl (C=O) groups is 2. The van der Waals surface area contributed by atoms with Gasteiger partial charge < -0.3 is 15.4 Å². The summed E-state index contributed by atoms with van der Waals surface area (Å²) in [4.78, 5) is 25.8. The lowest BCUT2D eigenvalue weighted by Crippen LogP contribution is -2.32. The van der Waals surface area contributed by atoms with E-state index in [0.717, 1.165) is 29.7 Å². The molecule has 28 heavy (non-hydrogen) atoms. The van der Waals surface area contributed by atoms with E-state index in [2.05, 4.69) is 0 Å². The molecule has 0 heterocycles. The standard InChI is InChI=1S/C22H25ClN2O3/c1-15-13-19(10-11-20(15)23)28-12-2-3-21(26)25(18-8-9-18)14-16-4-6-17(7-5-16)22(24)27/h4-7,10-11,13,18H,2-3,8-9,12,14H2,1H3,(H2,24,27). The van der Waals surface area contributed by atoms with Gasteiger partial charge in [0.2, 0.25) is 11.8 Å². The molecule has 0 atom stereocenters. The van der Waals surface area contributed by atoms with Crippen LogP contribution in [0.15, 0.2) is 42.5 Å². The summed E-state index contributed by atoms with van der Waals surface area (Å²) in [6, 6.07) is 13.0. The van der Waals surface area contributed by atoms with Gasteiger partial charge in [-0.05, 0) is 67.6 Å². The number of hydrogen-bond acceptors (Lipinski definition) is 3. The van der Waals surface area contributed by atoms with Crippen LogP contribution in [0.1, 0.15) is 47.2 Å². The molecular weight excluding hydrogens is 376 g/mol. The first kappa shape index (κ1) is 20.2. The first-order valence-electron chi connectivity index (χ1n) is 9.51. The average molecular weight is 401 g/mol. The van der Waals surface area contributed by atoms with Crippen LogP contribution in [0.25, 0.3) is 0 Å². The minimum Gasteiger partial charge on any atom is -0.494 e. The second kappa shape index (κ2) is 9.11. The molecule has 148 valence electrons. The molecule has 1 aliphatic carbocycles. The van der Waals surface area contributed by atoms with Crippen molar-refractivity contribution in [1.82, 2.24) is 4.90 Å². The van der Waals surface area contributed by atoms with Gasteiger partial charge in [-0.15, -0.1) is 0 Å². The topological polar surface area (TPSA) is 72.6 Å². The molecular formula is C22H25ClN2O3. The van der Waals surface area contributed by atoms with Crippen molar-refractivity contribution in [2.75, 3.05) is 6.61 Å². The van der Waals surface area contributed by atoms with E-state index in [0.29, 0.717) is 42.6 Å². The summed E-state index contributed by atoms with van der Waals surface area (Å²) in [5.74, 6) is 0.456. The fraction of sp³-hybridized carbons (Fsp3) is 0.364. The first-order valence-corrected chi connectivity index (χ1v) is 9.89. The lowest BCUT2D eigenvalue weighted by Gasteiger charge is -2.23. The molecule has 0 radical (unpaired) electrons. The van der Waals surface area contributed by atoms with Crippen LogP contribution in [0.2, 0.25) is 5.02 Å². The molecule has 0 unspecified atom stereocenters. The zero-order valence-electron chi connectivity index (χ0n) is 16.0. The van der Waals surface area contributed by atoms with Crippen molar-refractivity contribution in [3.63, 3.8) is 0 Å². The third-order valence-electron chi connectivity index (χ3n) is 4.83. The molecule has 0 aliphatic heterocycles. The van der Waals surface area contributed by atoms with E-state index < -0.39 is 5.91 Å². The fourth-order valence-corrected chi connectivity index (χ4v) is 3.16. The summed E-state index contributed by atoms with van der Waals surface area (Å²) in [5.41, 5.74) is 7.72. The monoisotopic (exact) mass is 400 g/mol. The second-order valence-corrected chi connectivity index (χ2v) is 7.58. The van der Waals surface area contributed by atoms with Crippen molar-refractivity contribution < 1.29 is 14.3 Å². The Kier molecular flexibility index (Phi) is 6.57. The van der Waals surface area contributed by atoms with Crippen molar-refractivity contribution in [3.05, 3.63) is 64.2 Å². The normalized spacial score (nSPS) is 13.2. The van der Waals surface area contributed by atoms with Crippen LogP contribution in [-0.2, 0) is 11.3 Å². The highest BCUT2D eigenvalue weighted by Crippen LogP contribution is 2.29. The van der Waals surface area contributed by atoms with E-state index in [1.54, 1.807) is 12.1 Å². The van der Waals surface area contributed by atoms with Crippen molar-refractivity contribution >= 4 is 23.4 Å². The minimum absolute atomic E-state index is 0.136. The van der Waals surface area contributed by atoms with E-state index in [1.807, 2.05) is 42.2 Å². The summed E-state index contributed by atoms with van der Waals surface area (Å²) in [7, 11) is 0. The quantitative estimate of drug-likeness (QED) is 0.644. The Balaban J connectivity index is 1.49. The number of primary amides is 1. The number of nitrogens with zero attached hydrogens (tertiary/aromatic N) is 1. The maximum Gasteiger partial charge on any atom is 0.248 e. The number of aryl methyl sites for hydroxylation is 1. The molecule has 2 N–H and O–H groups in total. The minimum atomic E-state index is -0.447. The van der Waals surface area contributed by atoms with E-state index in [4.69, 9.17) is 22.1 Å². The van der Waals surface area contributed by atoms with Gasteiger partial charge in [-0.3, -0.25) is 9.59 Å². The number of hydrogen-bond donors (Lipinski definition) is 1. The molecule has 6 heteroatoms. The molecule has 0 bridgehead atoms. The number of ether oxygens (including phenoxy) is 1. The van der Waals surface area contributed by atoms with E-state index in [9.17, 15) is 9.59 Å². The molecule has 1 saturated carbocycles. The summed E-state index contributed by atoms with van der Waals surface area (Å²) < 4.78 is 5.73. The highest BCUT2D eigenvalue weighted by atomic mass is 35.5. The number of halogens is 1. The SMILES string of the molecule is Cc1cc(OCCCC(=O)N(Cc2ccc(C(N)=O)cc2)C2CC2)ccc1Cl. The van der Waals surface area contributed by atoms with Gasteiger partial charge in [-0.2, -0.15) is 0 Å². The Labute approximate surface area is 170 Å². The highest BCUT2D eigenvalue weighted by Gasteiger charge is 2.32. The van der Waals surface area contributed by atoms with Gasteiger partial charge in [0, 0.05) is 29.6 Å². The molecule has 2 aromatic rings. The smallest absolute Gasteiger partial charge is 0.248 e. The van der Waals surface area contributed by atoms with Crippen LogP contribution in [-0.4, -0.2) is 29.4 Å². The lowest BCUT2D eigenvalue weighted by molar-refractivity contribution is -0.132. The molecule has 2 aromatic carbocycles. The average Bonchev–Trinajstić information content (AvgIpc) is 3.51. The van der Waals surface area contributed by atoms with Crippen LogP contribution in [0.4, 0.5) is 0 Å². The Hall–Kier alpha value is -2.53. The third-order valence-corrected chi connectivity index (χ3v) is 5.26. The van der Waals surface area contributed by atoms with Crippen LogP contribution in [0.3, 0.4) is 0 Å². The lowest BCUT2D eigenvalue weighted by atomic mass is 10.1. The first-order chi connectivity index (χ1) is 13.4. The Bertz CT molecular complexity index is 847. The molecule has 1 fully saturated rings. The molecule has 0 saturated heterocycles. The number of benzene rings is 2. The Morgan fingerprint density at radius 2 is 1.89 bits per heavy atom.